The maximum absolute atomic E-state index is 13.0. The molecule has 0 unspecified atom stereocenters. The molecule has 0 radical (unpaired) electrons. The highest BCUT2D eigenvalue weighted by Gasteiger charge is 2.43. The number of rotatable bonds is 3. The molecule has 2 aliphatic rings. The van der Waals surface area contributed by atoms with E-state index in [1.165, 1.54) is 20.7 Å². The third kappa shape index (κ3) is 3.22. The minimum Gasteiger partial charge on any atom is -0.342 e. The summed E-state index contributed by atoms with van der Waals surface area (Å²) >= 11 is 0. The van der Waals surface area contributed by atoms with Crippen LogP contribution < -0.4 is 8.61 Å². The number of hydrogen-bond acceptors (Lipinski definition) is 3. The van der Waals surface area contributed by atoms with Crippen LogP contribution in [0, 0.1) is 5.82 Å². The Morgan fingerprint density at radius 3 is 2.29 bits per heavy atom. The highest BCUT2D eigenvalue weighted by molar-refractivity contribution is 7.94. The first-order valence-electron chi connectivity index (χ1n) is 9.27. The number of hydrogen-bond donors (Lipinski definition) is 0. The molecule has 0 bridgehead atoms. The smallest absolute Gasteiger partial charge is 0.326 e. The Hall–Kier alpha value is -2.61. The van der Waals surface area contributed by atoms with E-state index in [2.05, 4.69) is 0 Å². The van der Waals surface area contributed by atoms with Crippen LogP contribution in [0.3, 0.4) is 0 Å². The number of fused-ring (bicyclic) bond motifs is 1. The van der Waals surface area contributed by atoms with Crippen LogP contribution in [0.1, 0.15) is 18.4 Å². The number of benzene rings is 2. The largest absolute Gasteiger partial charge is 0.342 e. The molecule has 148 valence electrons. The van der Waals surface area contributed by atoms with Gasteiger partial charge < -0.3 is 4.90 Å². The van der Waals surface area contributed by atoms with Gasteiger partial charge in [0, 0.05) is 20.1 Å². The van der Waals surface area contributed by atoms with Crippen molar-refractivity contribution in [1.82, 2.24) is 4.90 Å². The van der Waals surface area contributed by atoms with Crippen LogP contribution in [0.4, 0.5) is 15.8 Å². The number of anilines is 2. The zero-order chi connectivity index (χ0) is 19.9. The average molecular weight is 403 g/mol. The summed E-state index contributed by atoms with van der Waals surface area (Å²) in [7, 11) is -2.02. The second-order valence-electron chi connectivity index (χ2n) is 7.18. The second kappa shape index (κ2) is 7.09. The number of likely N-dealkylation sites (tertiary alicyclic amines) is 1. The Kier molecular flexibility index (Phi) is 4.74. The summed E-state index contributed by atoms with van der Waals surface area (Å²) in [6.07, 6.45) is 1.38. The van der Waals surface area contributed by atoms with E-state index >= 15 is 0 Å². The van der Waals surface area contributed by atoms with Crippen molar-refractivity contribution >= 4 is 27.5 Å². The summed E-state index contributed by atoms with van der Waals surface area (Å²) in [5.41, 5.74) is 2.14. The van der Waals surface area contributed by atoms with E-state index in [4.69, 9.17) is 0 Å². The van der Waals surface area contributed by atoms with Crippen LogP contribution in [0.5, 0.6) is 0 Å². The zero-order valence-electron chi connectivity index (χ0n) is 15.6. The van der Waals surface area contributed by atoms with Gasteiger partial charge in [0.05, 0.1) is 23.8 Å². The van der Waals surface area contributed by atoms with Gasteiger partial charge in [-0.15, -0.1) is 0 Å². The van der Waals surface area contributed by atoms with Gasteiger partial charge in [0.1, 0.15) is 5.82 Å². The number of para-hydroxylation sites is 2. The quantitative estimate of drug-likeness (QED) is 0.791. The molecule has 8 heteroatoms. The van der Waals surface area contributed by atoms with Gasteiger partial charge in [-0.3, -0.25) is 9.10 Å². The SMILES string of the molecule is CN1c2ccccc2N(C2CCN(C(=O)Cc3ccc(F)cc3)CC2)S1(=O)=O. The van der Waals surface area contributed by atoms with Gasteiger partial charge in [-0.05, 0) is 42.7 Å². The molecule has 0 atom stereocenters. The van der Waals surface area contributed by atoms with Crippen molar-refractivity contribution in [3.8, 4) is 0 Å². The first-order chi connectivity index (χ1) is 13.4. The minimum absolute atomic E-state index is 0.0214. The van der Waals surface area contributed by atoms with E-state index in [-0.39, 0.29) is 24.2 Å². The Labute approximate surface area is 164 Å². The van der Waals surface area contributed by atoms with E-state index < -0.39 is 10.2 Å². The third-order valence-electron chi connectivity index (χ3n) is 5.47. The first-order valence-corrected chi connectivity index (χ1v) is 10.7. The van der Waals surface area contributed by atoms with Gasteiger partial charge in [-0.2, -0.15) is 8.42 Å². The molecule has 1 fully saturated rings. The van der Waals surface area contributed by atoms with Crippen molar-refractivity contribution in [1.29, 1.82) is 0 Å². The molecule has 2 heterocycles. The lowest BCUT2D eigenvalue weighted by Crippen LogP contribution is -2.49. The maximum atomic E-state index is 13.0. The number of halogens is 1. The molecular weight excluding hydrogens is 381 g/mol. The van der Waals surface area contributed by atoms with E-state index in [0.29, 0.717) is 37.3 Å². The van der Waals surface area contributed by atoms with Gasteiger partial charge in [0.2, 0.25) is 5.91 Å². The highest BCUT2D eigenvalue weighted by Crippen LogP contribution is 2.42. The molecule has 2 aliphatic heterocycles. The van der Waals surface area contributed by atoms with E-state index in [1.807, 2.05) is 18.2 Å². The summed E-state index contributed by atoms with van der Waals surface area (Å²) < 4.78 is 41.6. The Morgan fingerprint density at radius 2 is 1.64 bits per heavy atom. The van der Waals surface area contributed by atoms with Gasteiger partial charge in [-0.1, -0.05) is 24.3 Å². The highest BCUT2D eigenvalue weighted by atomic mass is 32.2. The van der Waals surface area contributed by atoms with Crippen LogP contribution >= 0.6 is 0 Å². The Balaban J connectivity index is 1.44. The number of piperidine rings is 1. The molecule has 1 amide bonds. The molecule has 2 aromatic rings. The van der Waals surface area contributed by atoms with Crippen LogP contribution in [0.25, 0.3) is 0 Å². The average Bonchev–Trinajstić information content (AvgIpc) is 2.90. The molecule has 6 nitrogen and oxygen atoms in total. The lowest BCUT2D eigenvalue weighted by Gasteiger charge is -2.36. The monoisotopic (exact) mass is 403 g/mol. The predicted molar refractivity (Wildman–Crippen MR) is 106 cm³/mol. The van der Waals surface area contributed by atoms with Crippen LogP contribution in [0.15, 0.2) is 48.5 Å². The number of amides is 1. The van der Waals surface area contributed by atoms with Crippen molar-refractivity contribution in [2.75, 3.05) is 28.7 Å². The normalized spacial score (nSPS) is 19.0. The topological polar surface area (TPSA) is 60.9 Å². The molecule has 1 saturated heterocycles. The fourth-order valence-corrected chi connectivity index (χ4v) is 5.58. The molecule has 4 rings (SSSR count). The van der Waals surface area contributed by atoms with E-state index in [0.717, 1.165) is 5.56 Å². The van der Waals surface area contributed by atoms with Gasteiger partial charge >= 0.3 is 10.2 Å². The fourth-order valence-electron chi connectivity index (χ4n) is 3.92. The standard InChI is InChI=1S/C20H22FN3O3S/c1-22-18-4-2-3-5-19(18)24(28(22,26)27)17-10-12-23(13-11-17)20(25)14-15-6-8-16(21)9-7-15/h2-9,17H,10-14H2,1H3. The summed E-state index contributed by atoms with van der Waals surface area (Å²) in [5, 5.41) is 0. The van der Waals surface area contributed by atoms with Crippen LogP contribution in [-0.2, 0) is 21.4 Å². The van der Waals surface area contributed by atoms with Crippen molar-refractivity contribution in [2.24, 2.45) is 0 Å². The molecule has 0 saturated carbocycles. The number of carbonyl (C=O) groups is 1. The van der Waals surface area contributed by atoms with Gasteiger partial charge in [0.15, 0.2) is 0 Å². The summed E-state index contributed by atoms with van der Waals surface area (Å²) in [6, 6.07) is 13.0. The van der Waals surface area contributed by atoms with E-state index in [9.17, 15) is 17.6 Å². The van der Waals surface area contributed by atoms with Crippen molar-refractivity contribution in [3.05, 3.63) is 59.9 Å². The molecule has 0 spiro atoms. The molecular formula is C20H22FN3O3S. The summed E-state index contributed by atoms with van der Waals surface area (Å²) in [4.78, 5) is 14.3. The second-order valence-corrected chi connectivity index (χ2v) is 9.01. The summed E-state index contributed by atoms with van der Waals surface area (Å²) in [6.45, 7) is 1.01. The van der Waals surface area contributed by atoms with Gasteiger partial charge in [0.25, 0.3) is 0 Å². The number of carbonyl (C=O) groups excluding carboxylic acids is 1. The summed E-state index contributed by atoms with van der Waals surface area (Å²) in [5.74, 6) is -0.346. The molecule has 0 aromatic heterocycles. The first kappa shape index (κ1) is 18.7. The Morgan fingerprint density at radius 1 is 1.04 bits per heavy atom. The zero-order valence-corrected chi connectivity index (χ0v) is 16.4. The molecule has 0 N–H and O–H groups in total. The maximum Gasteiger partial charge on any atom is 0.326 e. The Bertz CT molecular complexity index is 986. The lowest BCUT2D eigenvalue weighted by molar-refractivity contribution is -0.131. The lowest BCUT2D eigenvalue weighted by atomic mass is 10.0. The van der Waals surface area contributed by atoms with Crippen LogP contribution in [-0.4, -0.2) is 45.4 Å². The molecule has 28 heavy (non-hydrogen) atoms. The van der Waals surface area contributed by atoms with Crippen molar-refractivity contribution in [3.63, 3.8) is 0 Å². The number of nitrogens with zero attached hydrogens (tertiary/aromatic N) is 3. The van der Waals surface area contributed by atoms with Crippen LogP contribution in [0.2, 0.25) is 0 Å². The predicted octanol–water partition coefficient (Wildman–Crippen LogP) is 2.56. The molecule has 0 aliphatic carbocycles. The third-order valence-corrected chi connectivity index (χ3v) is 7.35. The fraction of sp³-hybridized carbons (Fsp3) is 0.350. The van der Waals surface area contributed by atoms with Crippen molar-refractivity contribution in [2.45, 2.75) is 25.3 Å². The van der Waals surface area contributed by atoms with Crippen molar-refractivity contribution < 1.29 is 17.6 Å². The van der Waals surface area contributed by atoms with Gasteiger partial charge in [-0.25, -0.2) is 8.70 Å². The molecule has 2 aromatic carbocycles. The van der Waals surface area contributed by atoms with E-state index in [1.54, 1.807) is 30.1 Å². The minimum atomic E-state index is -3.59.